The Labute approximate surface area is 85.3 Å². The zero-order valence-electron chi connectivity index (χ0n) is 8.19. The Balaban J connectivity index is 0.000000265. The van der Waals surface area contributed by atoms with E-state index in [2.05, 4.69) is 18.0 Å². The Morgan fingerprint density at radius 3 is 2.20 bits per heavy atom. The van der Waals surface area contributed by atoms with Gasteiger partial charge in [0.2, 0.25) is 0 Å². The van der Waals surface area contributed by atoms with Gasteiger partial charge in [-0.15, -0.1) is 0 Å². The second-order valence-corrected chi connectivity index (χ2v) is 2.94. The van der Waals surface area contributed by atoms with Crippen molar-refractivity contribution >= 4 is 5.97 Å². The molecule has 3 nitrogen and oxygen atoms in total. The van der Waals surface area contributed by atoms with Crippen LogP contribution in [-0.4, -0.2) is 30.3 Å². The van der Waals surface area contributed by atoms with Crippen molar-refractivity contribution in [1.29, 1.82) is 0 Å². The van der Waals surface area contributed by atoms with Gasteiger partial charge in [0.25, 0.3) is 0 Å². The van der Waals surface area contributed by atoms with Crippen LogP contribution in [0, 0.1) is 0 Å². The van der Waals surface area contributed by atoms with Gasteiger partial charge in [0.05, 0.1) is 0 Å². The molecule has 0 amide bonds. The topological polar surface area (TPSA) is 49.3 Å². The van der Waals surface area contributed by atoms with Crippen LogP contribution in [0.5, 0.6) is 0 Å². The number of hydrogen-bond donors (Lipinski definition) is 2. The van der Waals surface area contributed by atoms with Crippen LogP contribution in [0.15, 0.2) is 23.8 Å². The first-order valence-electron chi connectivity index (χ1n) is 4.11. The zero-order valence-corrected chi connectivity index (χ0v) is 8.19. The highest BCUT2D eigenvalue weighted by Crippen LogP contribution is 2.13. The largest absolute Gasteiger partial charge is 0.490 e. The second kappa shape index (κ2) is 5.55. The Hall–Kier alpha value is -1.30. The summed E-state index contributed by atoms with van der Waals surface area (Å²) in [6.07, 6.45) is -2.90. The SMILES string of the molecule is C=C(C)C1=CCNC1.O=C(O)C(F)(F)F. The highest BCUT2D eigenvalue weighted by molar-refractivity contribution is 5.73. The summed E-state index contributed by atoms with van der Waals surface area (Å²) in [5.74, 6) is -2.76. The molecule has 1 aliphatic heterocycles. The fraction of sp³-hybridized carbons (Fsp3) is 0.444. The number of hydrogen-bond acceptors (Lipinski definition) is 2. The maximum absolute atomic E-state index is 10.6. The molecule has 0 aliphatic carbocycles. The molecule has 0 saturated heterocycles. The van der Waals surface area contributed by atoms with Gasteiger partial charge >= 0.3 is 12.1 Å². The van der Waals surface area contributed by atoms with Crippen LogP contribution in [0.4, 0.5) is 13.2 Å². The molecule has 15 heavy (non-hydrogen) atoms. The lowest BCUT2D eigenvalue weighted by Gasteiger charge is -1.95. The molecule has 0 atom stereocenters. The van der Waals surface area contributed by atoms with E-state index in [0.717, 1.165) is 13.1 Å². The molecule has 6 heteroatoms. The van der Waals surface area contributed by atoms with Crippen LogP contribution in [-0.2, 0) is 4.79 Å². The highest BCUT2D eigenvalue weighted by Gasteiger charge is 2.38. The average molecular weight is 223 g/mol. The Bertz CT molecular complexity index is 282. The number of rotatable bonds is 1. The molecular formula is C9H12F3NO2. The summed E-state index contributed by atoms with van der Waals surface area (Å²) in [5.41, 5.74) is 2.56. The van der Waals surface area contributed by atoms with Crippen molar-refractivity contribution in [3.63, 3.8) is 0 Å². The van der Waals surface area contributed by atoms with E-state index in [-0.39, 0.29) is 0 Å². The van der Waals surface area contributed by atoms with Crippen LogP contribution in [0.25, 0.3) is 0 Å². The molecule has 0 aromatic heterocycles. The minimum atomic E-state index is -5.08. The van der Waals surface area contributed by atoms with Crippen LogP contribution >= 0.6 is 0 Å². The number of alkyl halides is 3. The number of carboxylic acid groups (broad SMARTS) is 1. The van der Waals surface area contributed by atoms with E-state index in [1.165, 1.54) is 11.1 Å². The summed E-state index contributed by atoms with van der Waals surface area (Å²) in [5, 5.41) is 10.3. The standard InChI is InChI=1S/C7H11N.C2HF3O2/c1-6(2)7-3-4-8-5-7;3-2(4,5)1(6)7/h3,8H,1,4-5H2,2H3;(H,6,7). The number of aliphatic carboxylic acids is 1. The lowest BCUT2D eigenvalue weighted by molar-refractivity contribution is -0.192. The predicted molar refractivity (Wildman–Crippen MR) is 49.5 cm³/mol. The third kappa shape index (κ3) is 5.90. The molecule has 1 aliphatic rings. The van der Waals surface area contributed by atoms with Crippen molar-refractivity contribution in [3.05, 3.63) is 23.8 Å². The fourth-order valence-electron chi connectivity index (χ4n) is 0.799. The highest BCUT2D eigenvalue weighted by atomic mass is 19.4. The normalized spacial score (nSPS) is 15.1. The van der Waals surface area contributed by atoms with Crippen LogP contribution in [0.1, 0.15) is 6.92 Å². The molecule has 0 aromatic carbocycles. The lowest BCUT2D eigenvalue weighted by atomic mass is 10.1. The number of nitrogens with one attached hydrogen (secondary N) is 1. The summed E-state index contributed by atoms with van der Waals surface area (Å²) in [7, 11) is 0. The molecule has 1 rings (SSSR count). The van der Waals surface area contributed by atoms with Crippen LogP contribution in [0.3, 0.4) is 0 Å². The van der Waals surface area contributed by atoms with Crippen molar-refractivity contribution in [1.82, 2.24) is 5.32 Å². The van der Waals surface area contributed by atoms with Gasteiger partial charge in [0.15, 0.2) is 0 Å². The molecule has 2 N–H and O–H groups in total. The van der Waals surface area contributed by atoms with E-state index in [9.17, 15) is 13.2 Å². The Morgan fingerprint density at radius 2 is 2.07 bits per heavy atom. The molecule has 86 valence electrons. The molecule has 0 bridgehead atoms. The minimum Gasteiger partial charge on any atom is -0.475 e. The Morgan fingerprint density at radius 1 is 1.60 bits per heavy atom. The smallest absolute Gasteiger partial charge is 0.475 e. The average Bonchev–Trinajstić information content (AvgIpc) is 2.54. The summed E-state index contributed by atoms with van der Waals surface area (Å²) in [4.78, 5) is 8.90. The quantitative estimate of drug-likeness (QED) is 0.711. The van der Waals surface area contributed by atoms with Crippen molar-refractivity contribution in [2.24, 2.45) is 0 Å². The van der Waals surface area contributed by atoms with E-state index in [1.807, 2.05) is 6.92 Å². The first-order valence-corrected chi connectivity index (χ1v) is 4.11. The van der Waals surface area contributed by atoms with Crippen molar-refractivity contribution in [2.75, 3.05) is 13.1 Å². The lowest BCUT2D eigenvalue weighted by Crippen LogP contribution is -2.21. The molecule has 0 radical (unpaired) electrons. The van der Waals surface area contributed by atoms with Crippen molar-refractivity contribution < 1.29 is 23.1 Å². The first-order chi connectivity index (χ1) is 6.75. The summed E-state index contributed by atoms with van der Waals surface area (Å²) in [6, 6.07) is 0. The van der Waals surface area contributed by atoms with Gasteiger partial charge in [-0.1, -0.05) is 18.2 Å². The third-order valence-electron chi connectivity index (χ3n) is 1.60. The molecule has 0 aromatic rings. The van der Waals surface area contributed by atoms with Gasteiger partial charge in [0, 0.05) is 13.1 Å². The second-order valence-electron chi connectivity index (χ2n) is 2.94. The Kier molecular flexibility index (Phi) is 5.07. The van der Waals surface area contributed by atoms with Gasteiger partial charge in [-0.25, -0.2) is 4.79 Å². The van der Waals surface area contributed by atoms with Crippen molar-refractivity contribution in [2.45, 2.75) is 13.1 Å². The van der Waals surface area contributed by atoms with E-state index in [4.69, 9.17) is 9.90 Å². The van der Waals surface area contributed by atoms with Gasteiger partial charge < -0.3 is 10.4 Å². The van der Waals surface area contributed by atoms with E-state index < -0.39 is 12.1 Å². The van der Waals surface area contributed by atoms with E-state index >= 15 is 0 Å². The van der Waals surface area contributed by atoms with E-state index in [1.54, 1.807) is 0 Å². The molecule has 0 saturated carbocycles. The third-order valence-corrected chi connectivity index (χ3v) is 1.60. The molecule has 0 spiro atoms. The van der Waals surface area contributed by atoms with Gasteiger partial charge in [-0.3, -0.25) is 0 Å². The molecular weight excluding hydrogens is 211 g/mol. The summed E-state index contributed by atoms with van der Waals surface area (Å²) >= 11 is 0. The van der Waals surface area contributed by atoms with Gasteiger partial charge in [0.1, 0.15) is 0 Å². The maximum Gasteiger partial charge on any atom is 0.490 e. The fourth-order valence-corrected chi connectivity index (χ4v) is 0.799. The van der Waals surface area contributed by atoms with E-state index in [0.29, 0.717) is 0 Å². The van der Waals surface area contributed by atoms with Crippen molar-refractivity contribution in [3.8, 4) is 0 Å². The molecule has 1 heterocycles. The monoisotopic (exact) mass is 223 g/mol. The molecule has 0 unspecified atom stereocenters. The van der Waals surface area contributed by atoms with Gasteiger partial charge in [-0.2, -0.15) is 13.2 Å². The van der Waals surface area contributed by atoms with Crippen LogP contribution < -0.4 is 5.32 Å². The number of carbonyl (C=O) groups is 1. The minimum absolute atomic E-state index is 1.01. The maximum atomic E-state index is 10.6. The molecule has 0 fully saturated rings. The van der Waals surface area contributed by atoms with Gasteiger partial charge in [-0.05, 0) is 12.5 Å². The first kappa shape index (κ1) is 13.7. The number of halogens is 3. The number of carboxylic acids is 1. The summed E-state index contributed by atoms with van der Waals surface area (Å²) < 4.78 is 31.7. The zero-order chi connectivity index (χ0) is 12.1. The summed E-state index contributed by atoms with van der Waals surface area (Å²) in [6.45, 7) is 7.89. The van der Waals surface area contributed by atoms with Crippen LogP contribution in [0.2, 0.25) is 0 Å². The predicted octanol–water partition coefficient (Wildman–Crippen LogP) is 1.73.